The first-order valence-electron chi connectivity index (χ1n) is 6.04. The van der Waals surface area contributed by atoms with Crippen molar-refractivity contribution in [1.29, 1.82) is 0 Å². The summed E-state index contributed by atoms with van der Waals surface area (Å²) in [4.78, 5) is 0. The van der Waals surface area contributed by atoms with Crippen LogP contribution < -0.4 is 10.1 Å². The van der Waals surface area contributed by atoms with Crippen molar-refractivity contribution in [3.05, 3.63) is 41.7 Å². The fourth-order valence-corrected chi connectivity index (χ4v) is 1.73. The lowest BCUT2D eigenvalue weighted by molar-refractivity contribution is 0.284. The van der Waals surface area contributed by atoms with Crippen LogP contribution in [0.5, 0.6) is 5.75 Å². The minimum atomic E-state index is -0.319. The van der Waals surface area contributed by atoms with E-state index in [1.165, 1.54) is 12.1 Å². The summed E-state index contributed by atoms with van der Waals surface area (Å²) < 4.78 is 20.8. The van der Waals surface area contributed by atoms with Crippen molar-refractivity contribution in [2.45, 2.75) is 19.6 Å². The SMILES string of the molecule is CNC(C)c1ccc(F)cc1OCc1nncn1C. The second-order valence-corrected chi connectivity index (χ2v) is 4.34. The standard InChI is InChI=1S/C13H17FN4O/c1-9(15-2)11-5-4-10(14)6-12(11)19-7-13-17-16-8-18(13)3/h4-6,8-9,15H,7H2,1-3H3. The topological polar surface area (TPSA) is 52.0 Å². The highest BCUT2D eigenvalue weighted by Crippen LogP contribution is 2.26. The number of benzene rings is 1. The number of nitrogens with one attached hydrogen (secondary N) is 1. The average molecular weight is 264 g/mol. The molecule has 6 heteroatoms. The summed E-state index contributed by atoms with van der Waals surface area (Å²) in [6.07, 6.45) is 1.60. The Balaban J connectivity index is 2.19. The molecule has 1 aromatic heterocycles. The summed E-state index contributed by atoms with van der Waals surface area (Å²) in [6.45, 7) is 2.24. The van der Waals surface area contributed by atoms with Gasteiger partial charge in [-0.2, -0.15) is 0 Å². The lowest BCUT2D eigenvalue weighted by Gasteiger charge is -2.16. The van der Waals surface area contributed by atoms with Gasteiger partial charge in [-0.05, 0) is 20.0 Å². The van der Waals surface area contributed by atoms with Gasteiger partial charge in [-0.25, -0.2) is 4.39 Å². The Morgan fingerprint density at radius 3 is 2.89 bits per heavy atom. The van der Waals surface area contributed by atoms with Crippen LogP contribution in [0.15, 0.2) is 24.5 Å². The Morgan fingerprint density at radius 1 is 1.47 bits per heavy atom. The van der Waals surface area contributed by atoms with Crippen LogP contribution in [0.4, 0.5) is 4.39 Å². The number of hydrogen-bond acceptors (Lipinski definition) is 4. The molecule has 0 saturated heterocycles. The van der Waals surface area contributed by atoms with E-state index in [0.717, 1.165) is 5.56 Å². The fourth-order valence-electron chi connectivity index (χ4n) is 1.73. The molecule has 5 nitrogen and oxygen atoms in total. The van der Waals surface area contributed by atoms with E-state index in [4.69, 9.17) is 4.74 Å². The summed E-state index contributed by atoms with van der Waals surface area (Å²) in [5.74, 6) is 0.886. The van der Waals surface area contributed by atoms with Gasteiger partial charge >= 0.3 is 0 Å². The molecule has 0 aliphatic carbocycles. The first-order valence-corrected chi connectivity index (χ1v) is 6.04. The molecule has 0 radical (unpaired) electrons. The molecular weight excluding hydrogens is 247 g/mol. The zero-order valence-corrected chi connectivity index (χ0v) is 11.2. The van der Waals surface area contributed by atoms with E-state index in [2.05, 4.69) is 15.5 Å². The molecule has 2 rings (SSSR count). The third-order valence-corrected chi connectivity index (χ3v) is 3.04. The number of nitrogens with zero attached hydrogens (tertiary/aromatic N) is 3. The van der Waals surface area contributed by atoms with Gasteiger partial charge in [-0.3, -0.25) is 0 Å². The number of aromatic nitrogens is 3. The molecule has 0 fully saturated rings. The predicted molar refractivity (Wildman–Crippen MR) is 69.2 cm³/mol. The van der Waals surface area contributed by atoms with Crippen LogP contribution in [0.1, 0.15) is 24.4 Å². The molecule has 2 aromatic rings. The Labute approximate surface area is 111 Å². The molecule has 19 heavy (non-hydrogen) atoms. The highest BCUT2D eigenvalue weighted by atomic mass is 19.1. The first-order chi connectivity index (χ1) is 9.11. The van der Waals surface area contributed by atoms with Gasteiger partial charge in [0.2, 0.25) is 0 Å². The van der Waals surface area contributed by atoms with E-state index < -0.39 is 0 Å². The average Bonchev–Trinajstić information content (AvgIpc) is 2.81. The van der Waals surface area contributed by atoms with Gasteiger partial charge in [-0.1, -0.05) is 6.07 Å². The maximum atomic E-state index is 13.3. The summed E-state index contributed by atoms with van der Waals surface area (Å²) in [5, 5.41) is 10.8. The zero-order valence-electron chi connectivity index (χ0n) is 11.2. The Kier molecular flexibility index (Phi) is 4.11. The van der Waals surface area contributed by atoms with Crippen molar-refractivity contribution >= 4 is 0 Å². The minimum absolute atomic E-state index is 0.0788. The predicted octanol–water partition coefficient (Wildman–Crippen LogP) is 1.81. The van der Waals surface area contributed by atoms with Gasteiger partial charge in [0.25, 0.3) is 0 Å². The van der Waals surface area contributed by atoms with Crippen LogP contribution in [-0.4, -0.2) is 21.8 Å². The molecule has 1 unspecified atom stereocenters. The molecule has 0 bridgehead atoms. The fraction of sp³-hybridized carbons (Fsp3) is 0.385. The molecule has 0 spiro atoms. The van der Waals surface area contributed by atoms with Crippen molar-refractivity contribution in [2.75, 3.05) is 7.05 Å². The lowest BCUT2D eigenvalue weighted by atomic mass is 10.1. The summed E-state index contributed by atoms with van der Waals surface area (Å²) in [5.41, 5.74) is 0.908. The van der Waals surface area contributed by atoms with Gasteiger partial charge < -0.3 is 14.6 Å². The Hall–Kier alpha value is -1.95. The smallest absolute Gasteiger partial charge is 0.170 e. The maximum absolute atomic E-state index is 13.3. The van der Waals surface area contributed by atoms with Crippen LogP contribution in [-0.2, 0) is 13.7 Å². The second-order valence-electron chi connectivity index (χ2n) is 4.34. The van der Waals surface area contributed by atoms with Crippen molar-refractivity contribution in [2.24, 2.45) is 7.05 Å². The molecule has 1 heterocycles. The van der Waals surface area contributed by atoms with E-state index in [-0.39, 0.29) is 18.5 Å². The van der Waals surface area contributed by atoms with Crippen molar-refractivity contribution in [3.63, 3.8) is 0 Å². The van der Waals surface area contributed by atoms with Crippen LogP contribution in [0.2, 0.25) is 0 Å². The van der Waals surface area contributed by atoms with Gasteiger partial charge in [-0.15, -0.1) is 10.2 Å². The lowest BCUT2D eigenvalue weighted by Crippen LogP contribution is -2.14. The third kappa shape index (κ3) is 3.08. The van der Waals surface area contributed by atoms with E-state index >= 15 is 0 Å². The number of rotatable bonds is 5. The third-order valence-electron chi connectivity index (χ3n) is 3.04. The summed E-state index contributed by atoms with van der Waals surface area (Å²) in [7, 11) is 3.68. The highest BCUT2D eigenvalue weighted by molar-refractivity contribution is 5.36. The van der Waals surface area contributed by atoms with Crippen LogP contribution in [0.3, 0.4) is 0 Å². The quantitative estimate of drug-likeness (QED) is 0.895. The number of hydrogen-bond donors (Lipinski definition) is 1. The molecule has 1 N–H and O–H groups in total. The Morgan fingerprint density at radius 2 is 2.26 bits per heavy atom. The second kappa shape index (κ2) is 5.79. The molecule has 0 amide bonds. The first kappa shape index (κ1) is 13.5. The normalized spacial score (nSPS) is 12.4. The maximum Gasteiger partial charge on any atom is 0.170 e. The van der Waals surface area contributed by atoms with E-state index in [1.54, 1.807) is 17.0 Å². The van der Waals surface area contributed by atoms with Gasteiger partial charge in [0.05, 0.1) is 0 Å². The number of ether oxygens (including phenoxy) is 1. The molecule has 0 aliphatic heterocycles. The van der Waals surface area contributed by atoms with Crippen LogP contribution in [0, 0.1) is 5.82 Å². The van der Waals surface area contributed by atoms with Crippen molar-refractivity contribution in [1.82, 2.24) is 20.1 Å². The largest absolute Gasteiger partial charge is 0.485 e. The summed E-state index contributed by atoms with van der Waals surface area (Å²) in [6, 6.07) is 4.62. The molecule has 1 atom stereocenters. The Bertz CT molecular complexity index is 555. The molecule has 0 aliphatic rings. The molecule has 0 saturated carbocycles. The number of aryl methyl sites for hydroxylation is 1. The molecule has 1 aromatic carbocycles. The zero-order chi connectivity index (χ0) is 13.8. The van der Waals surface area contributed by atoms with Gasteiger partial charge in [0.1, 0.15) is 24.5 Å². The van der Waals surface area contributed by atoms with Gasteiger partial charge in [0.15, 0.2) is 5.82 Å². The number of halogens is 1. The van der Waals surface area contributed by atoms with E-state index in [0.29, 0.717) is 11.6 Å². The van der Waals surface area contributed by atoms with Crippen LogP contribution in [0.25, 0.3) is 0 Å². The summed E-state index contributed by atoms with van der Waals surface area (Å²) >= 11 is 0. The minimum Gasteiger partial charge on any atom is -0.485 e. The van der Waals surface area contributed by atoms with Crippen molar-refractivity contribution in [3.8, 4) is 5.75 Å². The van der Waals surface area contributed by atoms with Crippen molar-refractivity contribution < 1.29 is 9.13 Å². The van der Waals surface area contributed by atoms with E-state index in [1.807, 2.05) is 21.0 Å². The van der Waals surface area contributed by atoms with Gasteiger partial charge in [0, 0.05) is 24.7 Å². The molecule has 102 valence electrons. The van der Waals surface area contributed by atoms with E-state index in [9.17, 15) is 4.39 Å². The molecular formula is C13H17FN4O. The highest BCUT2D eigenvalue weighted by Gasteiger charge is 2.12. The monoisotopic (exact) mass is 264 g/mol. The van der Waals surface area contributed by atoms with Crippen LogP contribution >= 0.6 is 0 Å².